The van der Waals surface area contributed by atoms with Crippen molar-refractivity contribution in [2.45, 2.75) is 32.2 Å². The summed E-state index contributed by atoms with van der Waals surface area (Å²) in [4.78, 5) is 29.9. The highest BCUT2D eigenvalue weighted by atomic mass is 16.2. The van der Waals surface area contributed by atoms with Gasteiger partial charge in [-0.3, -0.25) is 4.79 Å². The van der Waals surface area contributed by atoms with Gasteiger partial charge in [0, 0.05) is 12.2 Å². The maximum atomic E-state index is 12.8. The molecule has 1 aromatic carbocycles. The van der Waals surface area contributed by atoms with E-state index in [1.165, 1.54) is 0 Å². The van der Waals surface area contributed by atoms with Gasteiger partial charge in [0.25, 0.3) is 0 Å². The van der Waals surface area contributed by atoms with Crippen LogP contribution in [-0.2, 0) is 11.2 Å². The first-order chi connectivity index (χ1) is 12.2. The van der Waals surface area contributed by atoms with Crippen molar-refractivity contribution in [3.8, 4) is 11.3 Å². The third kappa shape index (κ3) is 3.07. The molecule has 0 saturated carbocycles. The molecule has 6 heteroatoms. The first-order valence-electron chi connectivity index (χ1n) is 8.61. The summed E-state index contributed by atoms with van der Waals surface area (Å²) in [5.74, 6) is 0.971. The van der Waals surface area contributed by atoms with Gasteiger partial charge in [-0.25, -0.2) is 9.97 Å². The molecule has 1 atom stereocenters. The summed E-state index contributed by atoms with van der Waals surface area (Å²) in [6.45, 7) is 2.71. The third-order valence-corrected chi connectivity index (χ3v) is 4.82. The molecule has 0 bridgehead atoms. The molecular formula is C19H21N5O. The molecule has 3 heterocycles. The zero-order valence-corrected chi connectivity index (χ0v) is 14.2. The van der Waals surface area contributed by atoms with E-state index < -0.39 is 0 Å². The second kappa shape index (κ2) is 6.55. The third-order valence-electron chi connectivity index (χ3n) is 4.82. The zero-order valence-electron chi connectivity index (χ0n) is 14.2. The summed E-state index contributed by atoms with van der Waals surface area (Å²) >= 11 is 0. The average Bonchev–Trinajstić information content (AvgIpc) is 3.36. The topological polar surface area (TPSA) is 77.7 Å². The predicted molar refractivity (Wildman–Crippen MR) is 94.7 cm³/mol. The highest BCUT2D eigenvalue weighted by molar-refractivity contribution is 5.79. The van der Waals surface area contributed by atoms with E-state index in [0.29, 0.717) is 6.42 Å². The average molecular weight is 335 g/mol. The van der Waals surface area contributed by atoms with Crippen molar-refractivity contribution < 1.29 is 4.79 Å². The van der Waals surface area contributed by atoms with E-state index in [4.69, 9.17) is 0 Å². The van der Waals surface area contributed by atoms with E-state index in [1.807, 2.05) is 36.2 Å². The SMILES string of the molecule is Cc1[nH]cnc1CC(=O)N1CCCC1c1ncc(-c2ccccc2)[nH]1. The molecule has 1 aliphatic rings. The number of amides is 1. The van der Waals surface area contributed by atoms with Gasteiger partial charge in [0.1, 0.15) is 5.82 Å². The standard InChI is InChI=1S/C19H21N5O/c1-13-15(22-12-21-13)10-18(25)24-9-5-8-17(24)19-20-11-16(23-19)14-6-3-2-4-7-14/h2-4,6-7,11-12,17H,5,8-10H2,1H3,(H,20,23)(H,21,22). The number of hydrogen-bond acceptors (Lipinski definition) is 3. The van der Waals surface area contributed by atoms with Crippen molar-refractivity contribution in [1.82, 2.24) is 24.8 Å². The number of imidazole rings is 2. The van der Waals surface area contributed by atoms with Crippen molar-refractivity contribution in [2.75, 3.05) is 6.54 Å². The summed E-state index contributed by atoms with van der Waals surface area (Å²) in [6.07, 6.45) is 5.75. The Hall–Kier alpha value is -2.89. The van der Waals surface area contributed by atoms with Gasteiger partial charge in [-0.15, -0.1) is 0 Å². The van der Waals surface area contributed by atoms with E-state index in [9.17, 15) is 4.79 Å². The van der Waals surface area contributed by atoms with Gasteiger partial charge in [0.2, 0.25) is 5.91 Å². The number of carbonyl (C=O) groups is 1. The number of nitrogens with zero attached hydrogens (tertiary/aromatic N) is 3. The van der Waals surface area contributed by atoms with E-state index in [-0.39, 0.29) is 11.9 Å². The van der Waals surface area contributed by atoms with Crippen LogP contribution in [0, 0.1) is 6.92 Å². The van der Waals surface area contributed by atoms with Crippen molar-refractivity contribution in [1.29, 1.82) is 0 Å². The van der Waals surface area contributed by atoms with Crippen LogP contribution >= 0.6 is 0 Å². The first-order valence-corrected chi connectivity index (χ1v) is 8.61. The minimum atomic E-state index is 0.0178. The molecule has 2 aromatic heterocycles. The fourth-order valence-electron chi connectivity index (χ4n) is 3.43. The van der Waals surface area contributed by atoms with Crippen LogP contribution in [0.15, 0.2) is 42.9 Å². The summed E-state index contributed by atoms with van der Waals surface area (Å²) in [5.41, 5.74) is 3.86. The number of likely N-dealkylation sites (tertiary alicyclic amines) is 1. The lowest BCUT2D eigenvalue weighted by Gasteiger charge is -2.23. The van der Waals surface area contributed by atoms with E-state index in [1.54, 1.807) is 6.33 Å². The monoisotopic (exact) mass is 335 g/mol. The van der Waals surface area contributed by atoms with Gasteiger partial charge in [0.05, 0.1) is 36.4 Å². The van der Waals surface area contributed by atoms with Gasteiger partial charge in [-0.2, -0.15) is 0 Å². The van der Waals surface area contributed by atoms with Crippen molar-refractivity contribution >= 4 is 5.91 Å². The Bertz CT molecular complexity index is 867. The molecule has 2 N–H and O–H groups in total. The molecule has 3 aromatic rings. The van der Waals surface area contributed by atoms with Crippen LogP contribution < -0.4 is 0 Å². The minimum absolute atomic E-state index is 0.0178. The number of carbonyl (C=O) groups excluding carboxylic acids is 1. The Labute approximate surface area is 146 Å². The Balaban J connectivity index is 1.53. The molecule has 0 spiro atoms. The second-order valence-electron chi connectivity index (χ2n) is 6.44. The van der Waals surface area contributed by atoms with Gasteiger partial charge >= 0.3 is 0 Å². The number of aryl methyl sites for hydroxylation is 1. The molecule has 128 valence electrons. The number of nitrogens with one attached hydrogen (secondary N) is 2. The lowest BCUT2D eigenvalue weighted by molar-refractivity contribution is -0.131. The minimum Gasteiger partial charge on any atom is -0.348 e. The zero-order chi connectivity index (χ0) is 17.2. The van der Waals surface area contributed by atoms with Crippen LogP contribution in [0.1, 0.15) is 36.1 Å². The molecule has 1 fully saturated rings. The van der Waals surface area contributed by atoms with Crippen LogP contribution in [0.4, 0.5) is 0 Å². The normalized spacial score (nSPS) is 17.2. The molecule has 0 aliphatic carbocycles. The van der Waals surface area contributed by atoms with Gasteiger partial charge in [0.15, 0.2) is 0 Å². The van der Waals surface area contributed by atoms with E-state index >= 15 is 0 Å². The summed E-state index contributed by atoms with van der Waals surface area (Å²) in [5, 5.41) is 0. The molecule has 4 rings (SSSR count). The van der Waals surface area contributed by atoms with Gasteiger partial charge < -0.3 is 14.9 Å². The van der Waals surface area contributed by atoms with Crippen LogP contribution in [-0.4, -0.2) is 37.3 Å². The van der Waals surface area contributed by atoms with Crippen molar-refractivity contribution in [3.05, 3.63) is 60.1 Å². The molecule has 0 radical (unpaired) electrons. The van der Waals surface area contributed by atoms with Gasteiger partial charge in [-0.05, 0) is 25.3 Å². The molecule has 1 aliphatic heterocycles. The maximum absolute atomic E-state index is 12.8. The highest BCUT2D eigenvalue weighted by Crippen LogP contribution is 2.32. The number of rotatable bonds is 4. The highest BCUT2D eigenvalue weighted by Gasteiger charge is 2.32. The number of hydrogen-bond donors (Lipinski definition) is 2. The number of aromatic nitrogens is 4. The summed E-state index contributed by atoms with van der Waals surface area (Å²) in [7, 11) is 0. The van der Waals surface area contributed by atoms with Crippen LogP contribution in [0.25, 0.3) is 11.3 Å². The quantitative estimate of drug-likeness (QED) is 0.769. The molecule has 1 unspecified atom stereocenters. The largest absolute Gasteiger partial charge is 0.348 e. The molecule has 1 saturated heterocycles. The molecular weight excluding hydrogens is 314 g/mol. The van der Waals surface area contributed by atoms with Gasteiger partial charge in [-0.1, -0.05) is 30.3 Å². The fraction of sp³-hybridized carbons (Fsp3) is 0.316. The fourth-order valence-corrected chi connectivity index (χ4v) is 3.43. The number of benzene rings is 1. The Kier molecular flexibility index (Phi) is 4.09. The van der Waals surface area contributed by atoms with Crippen molar-refractivity contribution in [2.24, 2.45) is 0 Å². The van der Waals surface area contributed by atoms with Crippen LogP contribution in [0.3, 0.4) is 0 Å². The molecule has 25 heavy (non-hydrogen) atoms. The summed E-state index contributed by atoms with van der Waals surface area (Å²) in [6, 6.07) is 10.1. The number of H-pyrrole nitrogens is 2. The smallest absolute Gasteiger partial charge is 0.229 e. The van der Waals surface area contributed by atoms with E-state index in [0.717, 1.165) is 47.9 Å². The second-order valence-corrected chi connectivity index (χ2v) is 6.44. The lowest BCUT2D eigenvalue weighted by atomic mass is 10.1. The summed E-state index contributed by atoms with van der Waals surface area (Å²) < 4.78 is 0. The predicted octanol–water partition coefficient (Wildman–Crippen LogP) is 3.01. The van der Waals surface area contributed by atoms with Crippen LogP contribution in [0.5, 0.6) is 0 Å². The maximum Gasteiger partial charge on any atom is 0.229 e. The Morgan fingerprint density at radius 3 is 2.88 bits per heavy atom. The Morgan fingerprint density at radius 2 is 2.12 bits per heavy atom. The number of aromatic amines is 2. The molecule has 1 amide bonds. The van der Waals surface area contributed by atoms with Crippen molar-refractivity contribution in [3.63, 3.8) is 0 Å². The Morgan fingerprint density at radius 1 is 1.28 bits per heavy atom. The first kappa shape index (κ1) is 15.6. The van der Waals surface area contributed by atoms with E-state index in [2.05, 4.69) is 32.1 Å². The van der Waals surface area contributed by atoms with Crippen LogP contribution in [0.2, 0.25) is 0 Å². The molecule has 6 nitrogen and oxygen atoms in total. The lowest BCUT2D eigenvalue weighted by Crippen LogP contribution is -2.32.